The van der Waals surface area contributed by atoms with Crippen LogP contribution in [0.1, 0.15) is 42.9 Å². The normalized spacial score (nSPS) is 27.7. The fraction of sp³-hybridized carbons (Fsp3) is 0.571. The van der Waals surface area contributed by atoms with Crippen molar-refractivity contribution in [2.45, 2.75) is 44.7 Å². The molecule has 1 aromatic rings. The molecule has 0 spiro atoms. The minimum absolute atomic E-state index is 0.189. The lowest BCUT2D eigenvalue weighted by atomic mass is 9.79. The lowest BCUT2D eigenvalue weighted by Crippen LogP contribution is -2.32. The summed E-state index contributed by atoms with van der Waals surface area (Å²) >= 11 is 0. The zero-order chi connectivity index (χ0) is 11.5. The van der Waals surface area contributed by atoms with E-state index < -0.39 is 0 Å². The van der Waals surface area contributed by atoms with Gasteiger partial charge in [0, 0.05) is 12.1 Å². The summed E-state index contributed by atoms with van der Waals surface area (Å²) in [6, 6.07) is 9.05. The third kappa shape index (κ3) is 2.45. The van der Waals surface area contributed by atoms with Crippen molar-refractivity contribution < 1.29 is 0 Å². The van der Waals surface area contributed by atoms with Crippen LogP contribution < -0.4 is 11.5 Å². The van der Waals surface area contributed by atoms with Crippen LogP contribution in [0.4, 0.5) is 0 Å². The van der Waals surface area contributed by atoms with Crippen molar-refractivity contribution in [1.82, 2.24) is 0 Å². The van der Waals surface area contributed by atoms with Crippen LogP contribution in [-0.2, 0) is 0 Å². The largest absolute Gasteiger partial charge is 0.328 e. The van der Waals surface area contributed by atoms with Gasteiger partial charge in [0.15, 0.2) is 0 Å². The smallest absolute Gasteiger partial charge is 0.0326 e. The molecule has 0 bridgehead atoms. The maximum atomic E-state index is 6.38. The maximum Gasteiger partial charge on any atom is 0.0326 e. The highest BCUT2D eigenvalue weighted by Crippen LogP contribution is 2.33. The standard InChI is InChI=1S/C14H22N2/c1-10-4-2-3-5-13(10)14(16)11-6-8-12(15)9-7-11/h2-5,11-12,14H,6-9,15-16H2,1H3. The number of rotatable bonds is 2. The molecule has 1 aliphatic carbocycles. The Balaban J connectivity index is 2.07. The fourth-order valence-corrected chi connectivity index (χ4v) is 2.72. The molecule has 0 aromatic heterocycles. The quantitative estimate of drug-likeness (QED) is 0.801. The highest BCUT2D eigenvalue weighted by molar-refractivity contribution is 5.29. The van der Waals surface area contributed by atoms with Gasteiger partial charge in [0.1, 0.15) is 0 Å². The summed E-state index contributed by atoms with van der Waals surface area (Å²) in [5, 5.41) is 0. The molecule has 0 saturated heterocycles. The Hall–Kier alpha value is -0.860. The van der Waals surface area contributed by atoms with Crippen molar-refractivity contribution in [2.24, 2.45) is 17.4 Å². The average molecular weight is 218 g/mol. The van der Waals surface area contributed by atoms with Gasteiger partial charge >= 0.3 is 0 Å². The van der Waals surface area contributed by atoms with Crippen molar-refractivity contribution in [2.75, 3.05) is 0 Å². The average Bonchev–Trinajstić information content (AvgIpc) is 2.30. The zero-order valence-electron chi connectivity index (χ0n) is 10.0. The first-order chi connectivity index (χ1) is 7.68. The van der Waals surface area contributed by atoms with Crippen LogP contribution in [0.15, 0.2) is 24.3 Å². The van der Waals surface area contributed by atoms with E-state index in [2.05, 4.69) is 31.2 Å². The number of benzene rings is 1. The summed E-state index contributed by atoms with van der Waals surface area (Å²) in [5.41, 5.74) is 14.9. The Morgan fingerprint density at radius 1 is 1.12 bits per heavy atom. The molecule has 1 saturated carbocycles. The lowest BCUT2D eigenvalue weighted by Gasteiger charge is -2.31. The van der Waals surface area contributed by atoms with E-state index in [1.54, 1.807) is 0 Å². The molecule has 0 aliphatic heterocycles. The highest BCUT2D eigenvalue weighted by Gasteiger charge is 2.25. The van der Waals surface area contributed by atoms with Gasteiger partial charge in [-0.2, -0.15) is 0 Å². The Morgan fingerprint density at radius 2 is 1.75 bits per heavy atom. The number of hydrogen-bond donors (Lipinski definition) is 2. The third-order valence-corrected chi connectivity index (χ3v) is 3.87. The van der Waals surface area contributed by atoms with E-state index in [-0.39, 0.29) is 6.04 Å². The molecule has 4 N–H and O–H groups in total. The van der Waals surface area contributed by atoms with Gasteiger partial charge in [-0.15, -0.1) is 0 Å². The van der Waals surface area contributed by atoms with Gasteiger partial charge < -0.3 is 11.5 Å². The minimum Gasteiger partial charge on any atom is -0.328 e. The molecule has 1 fully saturated rings. The summed E-state index contributed by atoms with van der Waals surface area (Å²) in [5.74, 6) is 0.612. The molecule has 16 heavy (non-hydrogen) atoms. The number of hydrogen-bond acceptors (Lipinski definition) is 2. The highest BCUT2D eigenvalue weighted by atomic mass is 14.7. The Morgan fingerprint density at radius 3 is 2.38 bits per heavy atom. The third-order valence-electron chi connectivity index (χ3n) is 3.87. The fourth-order valence-electron chi connectivity index (χ4n) is 2.72. The van der Waals surface area contributed by atoms with Gasteiger partial charge in [-0.25, -0.2) is 0 Å². The second-order valence-corrected chi connectivity index (χ2v) is 5.06. The van der Waals surface area contributed by atoms with E-state index in [1.165, 1.54) is 24.0 Å². The zero-order valence-corrected chi connectivity index (χ0v) is 10.0. The second-order valence-electron chi connectivity index (χ2n) is 5.06. The maximum absolute atomic E-state index is 6.38. The molecular weight excluding hydrogens is 196 g/mol. The monoisotopic (exact) mass is 218 g/mol. The van der Waals surface area contributed by atoms with Gasteiger partial charge in [-0.1, -0.05) is 24.3 Å². The van der Waals surface area contributed by atoms with Crippen LogP contribution in [0.2, 0.25) is 0 Å². The first-order valence-electron chi connectivity index (χ1n) is 6.25. The number of aryl methyl sites for hydroxylation is 1. The van der Waals surface area contributed by atoms with Crippen molar-refractivity contribution in [3.63, 3.8) is 0 Å². The van der Waals surface area contributed by atoms with Crippen molar-refractivity contribution in [3.05, 3.63) is 35.4 Å². The molecule has 0 radical (unpaired) electrons. The molecule has 0 amide bonds. The van der Waals surface area contributed by atoms with Gasteiger partial charge in [-0.3, -0.25) is 0 Å². The summed E-state index contributed by atoms with van der Waals surface area (Å²) in [6.07, 6.45) is 4.61. The van der Waals surface area contributed by atoms with Crippen LogP contribution in [0.3, 0.4) is 0 Å². The van der Waals surface area contributed by atoms with E-state index in [4.69, 9.17) is 11.5 Å². The first kappa shape index (κ1) is 11.6. The Bertz CT molecular complexity index is 340. The molecule has 0 heterocycles. The summed E-state index contributed by atoms with van der Waals surface area (Å²) in [4.78, 5) is 0. The van der Waals surface area contributed by atoms with Gasteiger partial charge in [0.05, 0.1) is 0 Å². The predicted octanol–water partition coefficient (Wildman–Crippen LogP) is 2.51. The summed E-state index contributed by atoms with van der Waals surface area (Å²) < 4.78 is 0. The Kier molecular flexibility index (Phi) is 3.62. The molecule has 2 rings (SSSR count). The van der Waals surface area contributed by atoms with Crippen molar-refractivity contribution in [1.29, 1.82) is 0 Å². The molecule has 1 aromatic carbocycles. The van der Waals surface area contributed by atoms with Crippen LogP contribution in [-0.4, -0.2) is 6.04 Å². The van der Waals surface area contributed by atoms with Gasteiger partial charge in [0.2, 0.25) is 0 Å². The van der Waals surface area contributed by atoms with Crippen LogP contribution in [0.25, 0.3) is 0 Å². The molecule has 88 valence electrons. The molecule has 2 nitrogen and oxygen atoms in total. The van der Waals surface area contributed by atoms with Gasteiger partial charge in [0.25, 0.3) is 0 Å². The van der Waals surface area contributed by atoms with Crippen molar-refractivity contribution >= 4 is 0 Å². The molecular formula is C14H22N2. The van der Waals surface area contributed by atoms with Gasteiger partial charge in [-0.05, 0) is 49.7 Å². The minimum atomic E-state index is 0.189. The number of nitrogens with two attached hydrogens (primary N) is 2. The molecule has 2 heteroatoms. The first-order valence-corrected chi connectivity index (χ1v) is 6.25. The second kappa shape index (κ2) is 4.98. The SMILES string of the molecule is Cc1ccccc1C(N)C1CCC(N)CC1. The van der Waals surface area contributed by atoms with E-state index >= 15 is 0 Å². The molecule has 1 atom stereocenters. The van der Waals surface area contributed by atoms with Crippen LogP contribution >= 0.6 is 0 Å². The summed E-state index contributed by atoms with van der Waals surface area (Å²) in [6.45, 7) is 2.14. The van der Waals surface area contributed by atoms with E-state index in [0.29, 0.717) is 12.0 Å². The molecule has 1 aliphatic rings. The lowest BCUT2D eigenvalue weighted by molar-refractivity contribution is 0.284. The van der Waals surface area contributed by atoms with Crippen LogP contribution in [0.5, 0.6) is 0 Å². The topological polar surface area (TPSA) is 52.0 Å². The van der Waals surface area contributed by atoms with E-state index in [9.17, 15) is 0 Å². The summed E-state index contributed by atoms with van der Waals surface area (Å²) in [7, 11) is 0. The Labute approximate surface area is 98.0 Å². The van der Waals surface area contributed by atoms with E-state index in [1.807, 2.05) is 0 Å². The predicted molar refractivity (Wildman–Crippen MR) is 68.0 cm³/mol. The molecule has 1 unspecified atom stereocenters. The van der Waals surface area contributed by atoms with E-state index in [0.717, 1.165) is 12.8 Å². The van der Waals surface area contributed by atoms with Crippen LogP contribution in [0, 0.1) is 12.8 Å². The van der Waals surface area contributed by atoms with Crippen molar-refractivity contribution in [3.8, 4) is 0 Å².